The lowest BCUT2D eigenvalue weighted by Gasteiger charge is -2.27. The summed E-state index contributed by atoms with van der Waals surface area (Å²) < 4.78 is 10.2. The topological polar surface area (TPSA) is 88.1 Å². The second-order valence-corrected chi connectivity index (χ2v) is 5.15. The number of ether oxygens (including phenoxy) is 2. The number of hydrogen-bond donors (Lipinski definition) is 2. The summed E-state index contributed by atoms with van der Waals surface area (Å²) in [7, 11) is 2.80. The maximum Gasteiger partial charge on any atom is 0.265 e. The van der Waals surface area contributed by atoms with Gasteiger partial charge in [-0.3, -0.25) is 19.8 Å². The Labute approximate surface area is 144 Å². The van der Waals surface area contributed by atoms with Crippen LogP contribution in [0.4, 0.5) is 0 Å². The van der Waals surface area contributed by atoms with Gasteiger partial charge in [0.05, 0.1) is 14.2 Å². The SMILES string of the molecule is C=CCN1C(=O)/C(=C/c2ccc(OC)c(OC)c2O)C(=O)NC1=S. The van der Waals surface area contributed by atoms with Crippen molar-refractivity contribution in [1.29, 1.82) is 0 Å². The van der Waals surface area contributed by atoms with Crippen LogP contribution in [0.3, 0.4) is 0 Å². The van der Waals surface area contributed by atoms with E-state index in [4.69, 9.17) is 21.7 Å². The van der Waals surface area contributed by atoms with Gasteiger partial charge in [-0.15, -0.1) is 6.58 Å². The van der Waals surface area contributed by atoms with Crippen LogP contribution in [0.1, 0.15) is 5.56 Å². The van der Waals surface area contributed by atoms with Crippen LogP contribution in [0, 0.1) is 0 Å². The fourth-order valence-electron chi connectivity index (χ4n) is 2.19. The molecule has 8 heteroatoms. The van der Waals surface area contributed by atoms with Gasteiger partial charge < -0.3 is 14.6 Å². The zero-order valence-electron chi connectivity index (χ0n) is 13.2. The zero-order chi connectivity index (χ0) is 17.9. The number of benzene rings is 1. The first kappa shape index (κ1) is 17.5. The Hall–Kier alpha value is -2.87. The lowest BCUT2D eigenvalue weighted by molar-refractivity contribution is -0.128. The first-order valence-electron chi connectivity index (χ1n) is 6.88. The minimum absolute atomic E-state index is 0.0126. The standard InChI is InChI=1S/C16H16N2O5S/c1-4-7-18-15(21)10(14(20)17-16(18)24)8-9-5-6-11(22-2)13(23-3)12(9)19/h4-6,8,19H,1,7H2,2-3H3,(H,17,20,24)/b10-8+. The van der Waals surface area contributed by atoms with Gasteiger partial charge in [0.1, 0.15) is 5.57 Å². The Bertz CT molecular complexity index is 757. The Kier molecular flexibility index (Phi) is 5.20. The van der Waals surface area contributed by atoms with Crippen LogP contribution in [0.2, 0.25) is 0 Å². The number of aromatic hydroxyl groups is 1. The van der Waals surface area contributed by atoms with Crippen molar-refractivity contribution in [2.75, 3.05) is 20.8 Å². The Balaban J connectivity index is 2.49. The molecule has 0 saturated carbocycles. The normalized spacial score (nSPS) is 16.2. The van der Waals surface area contributed by atoms with E-state index in [2.05, 4.69) is 11.9 Å². The van der Waals surface area contributed by atoms with Gasteiger partial charge in [0.25, 0.3) is 11.8 Å². The predicted molar refractivity (Wildman–Crippen MR) is 91.8 cm³/mol. The van der Waals surface area contributed by atoms with E-state index in [0.717, 1.165) is 0 Å². The molecule has 7 nitrogen and oxygen atoms in total. The summed E-state index contributed by atoms with van der Waals surface area (Å²) in [4.78, 5) is 25.7. The van der Waals surface area contributed by atoms with Gasteiger partial charge in [-0.05, 0) is 30.4 Å². The molecule has 0 unspecified atom stereocenters. The number of thiocarbonyl (C=S) groups is 1. The minimum atomic E-state index is -0.639. The zero-order valence-corrected chi connectivity index (χ0v) is 14.0. The van der Waals surface area contributed by atoms with Crippen LogP contribution in [0.5, 0.6) is 17.2 Å². The van der Waals surface area contributed by atoms with E-state index in [9.17, 15) is 14.7 Å². The maximum absolute atomic E-state index is 12.5. The molecular weight excluding hydrogens is 332 g/mol. The van der Waals surface area contributed by atoms with E-state index in [1.54, 1.807) is 6.07 Å². The first-order valence-corrected chi connectivity index (χ1v) is 7.29. The van der Waals surface area contributed by atoms with Crippen molar-refractivity contribution in [3.63, 3.8) is 0 Å². The molecule has 1 aliphatic heterocycles. The van der Waals surface area contributed by atoms with Crippen molar-refractivity contribution in [2.45, 2.75) is 0 Å². The Morgan fingerprint density at radius 3 is 2.62 bits per heavy atom. The molecule has 0 radical (unpaired) electrons. The predicted octanol–water partition coefficient (Wildman–Crippen LogP) is 1.22. The molecule has 1 saturated heterocycles. The van der Waals surface area contributed by atoms with Gasteiger partial charge in [-0.25, -0.2) is 0 Å². The number of methoxy groups -OCH3 is 2. The van der Waals surface area contributed by atoms with Gasteiger partial charge in [-0.1, -0.05) is 6.08 Å². The number of phenols is 1. The fraction of sp³-hybridized carbons (Fsp3) is 0.188. The number of phenolic OH excluding ortho intramolecular Hbond substituents is 1. The summed E-state index contributed by atoms with van der Waals surface area (Å²) in [5.74, 6) is -1.02. The Morgan fingerprint density at radius 1 is 1.33 bits per heavy atom. The molecule has 24 heavy (non-hydrogen) atoms. The highest BCUT2D eigenvalue weighted by Crippen LogP contribution is 2.39. The highest BCUT2D eigenvalue weighted by Gasteiger charge is 2.33. The molecule has 1 fully saturated rings. The second-order valence-electron chi connectivity index (χ2n) is 4.76. The molecule has 126 valence electrons. The van der Waals surface area contributed by atoms with E-state index in [1.807, 2.05) is 0 Å². The molecule has 2 N–H and O–H groups in total. The fourth-order valence-corrected chi connectivity index (χ4v) is 2.44. The molecule has 1 aliphatic rings. The summed E-state index contributed by atoms with van der Waals surface area (Å²) >= 11 is 4.97. The highest BCUT2D eigenvalue weighted by atomic mass is 32.1. The van der Waals surface area contributed by atoms with Gasteiger partial charge in [0.2, 0.25) is 5.75 Å². The van der Waals surface area contributed by atoms with E-state index in [0.29, 0.717) is 5.75 Å². The van der Waals surface area contributed by atoms with Crippen molar-refractivity contribution in [3.05, 3.63) is 35.9 Å². The largest absolute Gasteiger partial charge is 0.504 e. The molecule has 0 atom stereocenters. The number of carbonyl (C=O) groups excluding carboxylic acids is 2. The molecule has 2 amide bonds. The third-order valence-electron chi connectivity index (χ3n) is 3.35. The number of nitrogens with one attached hydrogen (secondary N) is 1. The summed E-state index contributed by atoms with van der Waals surface area (Å²) in [6, 6.07) is 3.07. The van der Waals surface area contributed by atoms with Gasteiger partial charge >= 0.3 is 0 Å². The van der Waals surface area contributed by atoms with E-state index in [-0.39, 0.29) is 34.3 Å². The average Bonchev–Trinajstić information content (AvgIpc) is 2.56. The third kappa shape index (κ3) is 3.09. The monoisotopic (exact) mass is 348 g/mol. The lowest BCUT2D eigenvalue weighted by atomic mass is 10.1. The Morgan fingerprint density at radius 2 is 2.04 bits per heavy atom. The third-order valence-corrected chi connectivity index (χ3v) is 3.67. The van der Waals surface area contributed by atoms with E-state index >= 15 is 0 Å². The number of amides is 2. The van der Waals surface area contributed by atoms with Crippen LogP contribution < -0.4 is 14.8 Å². The number of rotatable bonds is 5. The van der Waals surface area contributed by atoms with Crippen LogP contribution >= 0.6 is 12.2 Å². The number of hydrogen-bond acceptors (Lipinski definition) is 6. The first-order chi connectivity index (χ1) is 11.4. The van der Waals surface area contributed by atoms with Crippen molar-refractivity contribution >= 4 is 35.2 Å². The van der Waals surface area contributed by atoms with Gasteiger partial charge in [0, 0.05) is 12.1 Å². The van der Waals surface area contributed by atoms with Gasteiger partial charge in [0.15, 0.2) is 16.6 Å². The molecule has 1 heterocycles. The van der Waals surface area contributed by atoms with Gasteiger partial charge in [-0.2, -0.15) is 0 Å². The second kappa shape index (κ2) is 7.14. The van der Waals surface area contributed by atoms with E-state index in [1.165, 1.54) is 37.3 Å². The maximum atomic E-state index is 12.5. The molecule has 0 aliphatic carbocycles. The average molecular weight is 348 g/mol. The molecule has 1 aromatic rings. The highest BCUT2D eigenvalue weighted by molar-refractivity contribution is 7.80. The van der Waals surface area contributed by atoms with E-state index < -0.39 is 11.8 Å². The molecule has 0 spiro atoms. The number of nitrogens with zero attached hydrogens (tertiary/aromatic N) is 1. The summed E-state index contributed by atoms with van der Waals surface area (Å²) in [6.45, 7) is 3.71. The number of carbonyl (C=O) groups is 2. The molecule has 1 aromatic carbocycles. The van der Waals surface area contributed by atoms with Crippen LogP contribution in [0.15, 0.2) is 30.4 Å². The van der Waals surface area contributed by atoms with Crippen LogP contribution in [-0.2, 0) is 9.59 Å². The summed E-state index contributed by atoms with van der Waals surface area (Å²) in [6.07, 6.45) is 2.76. The van der Waals surface area contributed by atoms with Crippen molar-refractivity contribution in [2.24, 2.45) is 0 Å². The molecule has 0 bridgehead atoms. The molecular formula is C16H16N2O5S. The summed E-state index contributed by atoms with van der Waals surface area (Å²) in [5, 5.41) is 12.7. The van der Waals surface area contributed by atoms with Crippen molar-refractivity contribution in [3.8, 4) is 17.2 Å². The molecule has 2 rings (SSSR count). The van der Waals surface area contributed by atoms with Crippen LogP contribution in [0.25, 0.3) is 6.08 Å². The minimum Gasteiger partial charge on any atom is -0.504 e. The summed E-state index contributed by atoms with van der Waals surface area (Å²) in [5.41, 5.74) is 0.0745. The smallest absolute Gasteiger partial charge is 0.265 e. The quantitative estimate of drug-likeness (QED) is 0.360. The lowest BCUT2D eigenvalue weighted by Crippen LogP contribution is -2.53. The van der Waals surface area contributed by atoms with Crippen molar-refractivity contribution < 1.29 is 24.2 Å². The van der Waals surface area contributed by atoms with Crippen molar-refractivity contribution in [1.82, 2.24) is 10.2 Å². The molecule has 0 aromatic heterocycles. The van der Waals surface area contributed by atoms with Crippen LogP contribution in [-0.4, -0.2) is 47.7 Å².